The summed E-state index contributed by atoms with van der Waals surface area (Å²) in [5.41, 5.74) is 3.68. The van der Waals surface area contributed by atoms with E-state index >= 15 is 0 Å². The maximum Gasteiger partial charge on any atom is 0.0661 e. The molecule has 0 saturated heterocycles. The van der Waals surface area contributed by atoms with Gasteiger partial charge in [0.1, 0.15) is 0 Å². The third-order valence-electron chi connectivity index (χ3n) is 3.61. The highest BCUT2D eigenvalue weighted by molar-refractivity contribution is 9.11. The lowest BCUT2D eigenvalue weighted by atomic mass is 9.98. The van der Waals surface area contributed by atoms with Gasteiger partial charge in [-0.2, -0.15) is 0 Å². The van der Waals surface area contributed by atoms with Crippen molar-refractivity contribution >= 4 is 54.2 Å². The van der Waals surface area contributed by atoms with Crippen LogP contribution in [0, 0.1) is 6.92 Å². The monoisotopic (exact) mass is 422 g/mol. The van der Waals surface area contributed by atoms with Crippen LogP contribution in [0.25, 0.3) is 10.8 Å². The molecule has 0 bridgehead atoms. The SMILES string of the molecule is Cc1ccc(C(Br)c2ccc(Cl)c3ccccc23)c(Br)c1. The largest absolute Gasteiger partial charge is 0.0837 e. The van der Waals surface area contributed by atoms with E-state index in [9.17, 15) is 0 Å². The van der Waals surface area contributed by atoms with E-state index in [0.29, 0.717) is 0 Å². The van der Waals surface area contributed by atoms with E-state index in [1.54, 1.807) is 0 Å². The number of hydrogen-bond acceptors (Lipinski definition) is 0. The molecule has 21 heavy (non-hydrogen) atoms. The molecule has 0 fully saturated rings. The lowest BCUT2D eigenvalue weighted by molar-refractivity contribution is 1.17. The number of benzene rings is 3. The molecule has 0 aliphatic rings. The van der Waals surface area contributed by atoms with Gasteiger partial charge < -0.3 is 0 Å². The van der Waals surface area contributed by atoms with Crippen LogP contribution in [-0.2, 0) is 0 Å². The minimum Gasteiger partial charge on any atom is -0.0837 e. The van der Waals surface area contributed by atoms with Gasteiger partial charge in [-0.3, -0.25) is 0 Å². The Bertz CT molecular complexity index is 811. The van der Waals surface area contributed by atoms with Crippen LogP contribution in [0.15, 0.2) is 59.1 Å². The van der Waals surface area contributed by atoms with Crippen molar-refractivity contribution in [2.45, 2.75) is 11.8 Å². The predicted octanol–water partition coefficient (Wildman–Crippen LogP) is 7.05. The quantitative estimate of drug-likeness (QED) is 0.387. The van der Waals surface area contributed by atoms with Crippen molar-refractivity contribution < 1.29 is 0 Å². The molecular weight excluding hydrogens is 411 g/mol. The zero-order valence-electron chi connectivity index (χ0n) is 11.4. The lowest BCUT2D eigenvalue weighted by Gasteiger charge is -2.16. The number of fused-ring (bicyclic) bond motifs is 1. The summed E-state index contributed by atoms with van der Waals surface area (Å²) in [5, 5.41) is 3.06. The van der Waals surface area contributed by atoms with Crippen molar-refractivity contribution in [1.82, 2.24) is 0 Å². The van der Waals surface area contributed by atoms with Gasteiger partial charge in [0, 0.05) is 14.9 Å². The second-order valence-electron chi connectivity index (χ2n) is 5.07. The van der Waals surface area contributed by atoms with Gasteiger partial charge in [-0.1, -0.05) is 85.9 Å². The summed E-state index contributed by atoms with van der Waals surface area (Å²) < 4.78 is 1.11. The van der Waals surface area contributed by atoms with Crippen LogP contribution in [0.1, 0.15) is 21.5 Å². The van der Waals surface area contributed by atoms with Crippen LogP contribution in [0.5, 0.6) is 0 Å². The molecule has 0 spiro atoms. The third kappa shape index (κ3) is 2.90. The molecule has 0 aliphatic heterocycles. The lowest BCUT2D eigenvalue weighted by Crippen LogP contribution is -1.96. The fourth-order valence-corrected chi connectivity index (χ4v) is 4.57. The van der Waals surface area contributed by atoms with E-state index in [-0.39, 0.29) is 4.83 Å². The van der Waals surface area contributed by atoms with Crippen molar-refractivity contribution in [3.05, 3.63) is 80.8 Å². The van der Waals surface area contributed by atoms with E-state index in [1.165, 1.54) is 22.1 Å². The Balaban J connectivity index is 2.18. The van der Waals surface area contributed by atoms with E-state index in [2.05, 4.69) is 75.2 Å². The molecule has 0 saturated carbocycles. The number of alkyl halides is 1. The molecule has 3 heteroatoms. The fourth-order valence-electron chi connectivity index (χ4n) is 2.51. The van der Waals surface area contributed by atoms with Crippen molar-refractivity contribution in [2.75, 3.05) is 0 Å². The second-order valence-corrected chi connectivity index (χ2v) is 7.25. The molecule has 3 aromatic rings. The Morgan fingerprint density at radius 1 is 0.905 bits per heavy atom. The Morgan fingerprint density at radius 3 is 2.29 bits per heavy atom. The minimum absolute atomic E-state index is 0.120. The van der Waals surface area contributed by atoms with Gasteiger partial charge in [-0.15, -0.1) is 0 Å². The summed E-state index contributed by atoms with van der Waals surface area (Å²) in [5.74, 6) is 0. The van der Waals surface area contributed by atoms with Gasteiger partial charge in [0.25, 0.3) is 0 Å². The van der Waals surface area contributed by atoms with E-state index < -0.39 is 0 Å². The molecule has 0 radical (unpaired) electrons. The summed E-state index contributed by atoms with van der Waals surface area (Å²) in [6.45, 7) is 2.09. The molecule has 3 aromatic carbocycles. The van der Waals surface area contributed by atoms with Crippen LogP contribution in [0.4, 0.5) is 0 Å². The molecule has 0 N–H and O–H groups in total. The zero-order chi connectivity index (χ0) is 15.0. The Labute approximate surface area is 146 Å². The van der Waals surface area contributed by atoms with Gasteiger partial charge in [0.15, 0.2) is 0 Å². The fraction of sp³-hybridized carbons (Fsp3) is 0.111. The zero-order valence-corrected chi connectivity index (χ0v) is 15.3. The molecule has 1 unspecified atom stereocenters. The highest BCUT2D eigenvalue weighted by atomic mass is 79.9. The van der Waals surface area contributed by atoms with Crippen LogP contribution >= 0.6 is 43.5 Å². The molecule has 0 aromatic heterocycles. The first kappa shape index (κ1) is 15.1. The molecule has 1 atom stereocenters. The van der Waals surface area contributed by atoms with Crippen LogP contribution in [0.2, 0.25) is 5.02 Å². The van der Waals surface area contributed by atoms with Crippen molar-refractivity contribution in [1.29, 1.82) is 0 Å². The summed E-state index contributed by atoms with van der Waals surface area (Å²) in [4.78, 5) is 0.120. The molecule has 0 heterocycles. The number of hydrogen-bond donors (Lipinski definition) is 0. The Hall–Kier alpha value is -0.830. The molecule has 0 amide bonds. The molecule has 0 nitrogen and oxygen atoms in total. The number of aryl methyl sites for hydroxylation is 1. The van der Waals surface area contributed by atoms with Gasteiger partial charge in [0.05, 0.1) is 4.83 Å². The van der Waals surface area contributed by atoms with E-state index in [4.69, 9.17) is 11.6 Å². The maximum atomic E-state index is 6.31. The topological polar surface area (TPSA) is 0 Å². The third-order valence-corrected chi connectivity index (χ3v) is 5.61. The van der Waals surface area contributed by atoms with Gasteiger partial charge >= 0.3 is 0 Å². The Kier molecular flexibility index (Phi) is 4.39. The average Bonchev–Trinajstić information content (AvgIpc) is 2.47. The molecule has 0 aliphatic carbocycles. The first-order valence-electron chi connectivity index (χ1n) is 6.65. The highest BCUT2D eigenvalue weighted by Gasteiger charge is 2.16. The van der Waals surface area contributed by atoms with Gasteiger partial charge in [-0.05, 0) is 41.1 Å². The number of halogens is 3. The average molecular weight is 425 g/mol. The summed E-state index contributed by atoms with van der Waals surface area (Å²) in [6.07, 6.45) is 0. The standard InChI is InChI=1S/C18H13Br2Cl/c1-11-6-7-15(16(19)10-11)18(20)14-8-9-17(21)13-5-3-2-4-12(13)14/h2-10,18H,1H3. The summed E-state index contributed by atoms with van der Waals surface area (Å²) in [7, 11) is 0. The first-order chi connectivity index (χ1) is 10.1. The van der Waals surface area contributed by atoms with E-state index in [0.717, 1.165) is 14.9 Å². The van der Waals surface area contributed by atoms with Crippen LogP contribution in [-0.4, -0.2) is 0 Å². The number of rotatable bonds is 2. The molecule has 106 valence electrons. The van der Waals surface area contributed by atoms with Gasteiger partial charge in [-0.25, -0.2) is 0 Å². The second kappa shape index (κ2) is 6.12. The summed E-state index contributed by atoms with van der Waals surface area (Å²) in [6, 6.07) is 18.7. The normalized spacial score (nSPS) is 12.6. The smallest absolute Gasteiger partial charge is 0.0661 e. The highest BCUT2D eigenvalue weighted by Crippen LogP contribution is 2.40. The molecular formula is C18H13Br2Cl. The van der Waals surface area contributed by atoms with Crippen molar-refractivity contribution in [2.24, 2.45) is 0 Å². The van der Waals surface area contributed by atoms with Crippen molar-refractivity contribution in [3.8, 4) is 0 Å². The first-order valence-corrected chi connectivity index (χ1v) is 8.74. The maximum absolute atomic E-state index is 6.31. The predicted molar refractivity (Wildman–Crippen MR) is 98.6 cm³/mol. The summed E-state index contributed by atoms with van der Waals surface area (Å²) >= 11 is 13.8. The Morgan fingerprint density at radius 2 is 1.57 bits per heavy atom. The van der Waals surface area contributed by atoms with Crippen LogP contribution < -0.4 is 0 Å². The minimum atomic E-state index is 0.120. The van der Waals surface area contributed by atoms with Gasteiger partial charge in [0.2, 0.25) is 0 Å². The molecule has 3 rings (SSSR count). The van der Waals surface area contributed by atoms with Crippen molar-refractivity contribution in [3.63, 3.8) is 0 Å². The van der Waals surface area contributed by atoms with E-state index in [1.807, 2.05) is 18.2 Å². The van der Waals surface area contributed by atoms with Crippen LogP contribution in [0.3, 0.4) is 0 Å².